The summed E-state index contributed by atoms with van der Waals surface area (Å²) in [5.41, 5.74) is 4.78. The minimum atomic E-state index is -0.114. The van der Waals surface area contributed by atoms with Crippen LogP contribution in [0.1, 0.15) is 55.5 Å². The van der Waals surface area contributed by atoms with E-state index in [-0.39, 0.29) is 11.8 Å². The van der Waals surface area contributed by atoms with Gasteiger partial charge in [0.15, 0.2) is 0 Å². The molecule has 3 heterocycles. The summed E-state index contributed by atoms with van der Waals surface area (Å²) in [4.78, 5) is 19.0. The summed E-state index contributed by atoms with van der Waals surface area (Å²) >= 11 is 0. The molecular formula is C24H24N6O2. The van der Waals surface area contributed by atoms with Gasteiger partial charge in [0.2, 0.25) is 17.6 Å². The van der Waals surface area contributed by atoms with Crippen LogP contribution in [0.4, 0.5) is 5.69 Å². The first kappa shape index (κ1) is 19.2. The van der Waals surface area contributed by atoms with Crippen LogP contribution in [0.5, 0.6) is 0 Å². The predicted molar refractivity (Wildman–Crippen MR) is 119 cm³/mol. The zero-order valence-corrected chi connectivity index (χ0v) is 17.9. The van der Waals surface area contributed by atoms with Gasteiger partial charge in [-0.1, -0.05) is 40.9 Å². The molecule has 6 rings (SSSR count). The van der Waals surface area contributed by atoms with E-state index in [4.69, 9.17) is 4.52 Å². The Balaban J connectivity index is 1.23. The molecule has 4 aromatic rings. The highest BCUT2D eigenvalue weighted by atomic mass is 16.5. The molecule has 2 aromatic carbocycles. The number of carbonyl (C=O) groups is 1. The molecule has 1 aliphatic carbocycles. The molecule has 8 nitrogen and oxygen atoms in total. The maximum Gasteiger partial charge on any atom is 0.232 e. The number of anilines is 1. The first-order valence-corrected chi connectivity index (χ1v) is 11.2. The third-order valence-corrected chi connectivity index (χ3v) is 6.66. The number of rotatable bonds is 4. The fourth-order valence-corrected chi connectivity index (χ4v) is 4.86. The van der Waals surface area contributed by atoms with E-state index in [2.05, 4.69) is 25.1 Å². The van der Waals surface area contributed by atoms with Gasteiger partial charge in [0.1, 0.15) is 5.52 Å². The SMILES string of the molecule is Cc1ccc(N2CC(c3nc(-c4ccc5c(c4)nnn5C4CCCC4)no3)CC2=O)cc1. The Morgan fingerprint density at radius 2 is 1.88 bits per heavy atom. The van der Waals surface area contributed by atoms with E-state index in [0.717, 1.165) is 35.1 Å². The highest BCUT2D eigenvalue weighted by Crippen LogP contribution is 2.34. The summed E-state index contributed by atoms with van der Waals surface area (Å²) in [6.07, 6.45) is 5.19. The number of carbonyl (C=O) groups excluding carboxylic acids is 1. The van der Waals surface area contributed by atoms with Gasteiger partial charge in [0.05, 0.1) is 17.5 Å². The third-order valence-electron chi connectivity index (χ3n) is 6.66. The van der Waals surface area contributed by atoms with E-state index in [0.29, 0.717) is 30.7 Å². The Bertz CT molecular complexity index is 1290. The predicted octanol–water partition coefficient (Wildman–Crippen LogP) is 4.43. The van der Waals surface area contributed by atoms with E-state index in [1.54, 1.807) is 4.90 Å². The van der Waals surface area contributed by atoms with Crippen molar-refractivity contribution < 1.29 is 9.32 Å². The number of aromatic nitrogens is 5. The Labute approximate surface area is 185 Å². The molecule has 1 unspecified atom stereocenters. The van der Waals surface area contributed by atoms with Crippen LogP contribution in [0.3, 0.4) is 0 Å². The Morgan fingerprint density at radius 1 is 1.06 bits per heavy atom. The lowest BCUT2D eigenvalue weighted by Gasteiger charge is -2.16. The number of fused-ring (bicyclic) bond motifs is 1. The molecule has 0 radical (unpaired) electrons. The summed E-state index contributed by atoms with van der Waals surface area (Å²) < 4.78 is 7.63. The molecule has 0 spiro atoms. The van der Waals surface area contributed by atoms with Gasteiger partial charge in [-0.05, 0) is 50.1 Å². The van der Waals surface area contributed by atoms with Crippen molar-refractivity contribution in [2.45, 2.75) is 51.0 Å². The zero-order chi connectivity index (χ0) is 21.7. The van der Waals surface area contributed by atoms with Gasteiger partial charge in [0.25, 0.3) is 0 Å². The van der Waals surface area contributed by atoms with E-state index < -0.39 is 0 Å². The van der Waals surface area contributed by atoms with Crippen molar-refractivity contribution in [3.8, 4) is 11.4 Å². The number of nitrogens with zero attached hydrogens (tertiary/aromatic N) is 6. The first-order valence-electron chi connectivity index (χ1n) is 11.2. The fourth-order valence-electron chi connectivity index (χ4n) is 4.86. The number of hydrogen-bond acceptors (Lipinski definition) is 6. The van der Waals surface area contributed by atoms with Crippen LogP contribution in [-0.2, 0) is 4.79 Å². The van der Waals surface area contributed by atoms with E-state index in [1.807, 2.05) is 49.4 Å². The summed E-state index contributed by atoms with van der Waals surface area (Å²) in [7, 11) is 0. The van der Waals surface area contributed by atoms with Gasteiger partial charge < -0.3 is 9.42 Å². The normalized spacial score (nSPS) is 19.5. The van der Waals surface area contributed by atoms with Crippen molar-refractivity contribution in [2.24, 2.45) is 0 Å². The van der Waals surface area contributed by atoms with Crippen molar-refractivity contribution in [1.82, 2.24) is 25.1 Å². The van der Waals surface area contributed by atoms with Crippen LogP contribution in [0, 0.1) is 6.92 Å². The molecule has 8 heteroatoms. The maximum absolute atomic E-state index is 12.6. The summed E-state index contributed by atoms with van der Waals surface area (Å²) in [5.74, 6) is 0.969. The monoisotopic (exact) mass is 428 g/mol. The molecular weight excluding hydrogens is 404 g/mol. The van der Waals surface area contributed by atoms with Gasteiger partial charge in [-0.3, -0.25) is 4.79 Å². The largest absolute Gasteiger partial charge is 0.339 e. The van der Waals surface area contributed by atoms with Gasteiger partial charge in [-0.15, -0.1) is 5.10 Å². The molecule has 1 atom stereocenters. The first-order chi connectivity index (χ1) is 15.7. The second kappa shape index (κ2) is 7.55. The molecule has 0 bridgehead atoms. The summed E-state index contributed by atoms with van der Waals surface area (Å²) in [5, 5.41) is 12.9. The van der Waals surface area contributed by atoms with Crippen molar-refractivity contribution in [1.29, 1.82) is 0 Å². The molecule has 2 aromatic heterocycles. The average Bonchev–Trinajstić information content (AvgIpc) is 3.59. The molecule has 2 aliphatic rings. The van der Waals surface area contributed by atoms with Crippen LogP contribution >= 0.6 is 0 Å². The smallest absolute Gasteiger partial charge is 0.232 e. The summed E-state index contributed by atoms with van der Waals surface area (Å²) in [6.45, 7) is 2.57. The zero-order valence-electron chi connectivity index (χ0n) is 17.9. The minimum absolute atomic E-state index is 0.0727. The Hall–Kier alpha value is -3.55. The summed E-state index contributed by atoms with van der Waals surface area (Å²) in [6, 6.07) is 14.4. The van der Waals surface area contributed by atoms with Crippen LogP contribution in [0.2, 0.25) is 0 Å². The lowest BCUT2D eigenvalue weighted by molar-refractivity contribution is -0.117. The van der Waals surface area contributed by atoms with Crippen molar-refractivity contribution in [3.63, 3.8) is 0 Å². The Kier molecular flexibility index (Phi) is 4.52. The Morgan fingerprint density at radius 3 is 2.69 bits per heavy atom. The highest BCUT2D eigenvalue weighted by Gasteiger charge is 2.35. The van der Waals surface area contributed by atoms with Crippen LogP contribution in [-0.4, -0.2) is 37.6 Å². The molecule has 162 valence electrons. The molecule has 1 amide bonds. The number of aryl methyl sites for hydroxylation is 1. The molecule has 32 heavy (non-hydrogen) atoms. The number of amides is 1. The lowest BCUT2D eigenvalue weighted by atomic mass is 10.1. The van der Waals surface area contributed by atoms with E-state index in [9.17, 15) is 4.79 Å². The molecule has 2 fully saturated rings. The highest BCUT2D eigenvalue weighted by molar-refractivity contribution is 5.96. The van der Waals surface area contributed by atoms with Gasteiger partial charge in [0, 0.05) is 24.2 Å². The van der Waals surface area contributed by atoms with Gasteiger partial charge in [-0.25, -0.2) is 4.68 Å². The van der Waals surface area contributed by atoms with Crippen molar-refractivity contribution in [3.05, 3.63) is 53.9 Å². The topological polar surface area (TPSA) is 89.9 Å². The fraction of sp³-hybridized carbons (Fsp3) is 0.375. The van der Waals surface area contributed by atoms with Crippen LogP contribution in [0.25, 0.3) is 22.4 Å². The van der Waals surface area contributed by atoms with Crippen molar-refractivity contribution >= 4 is 22.6 Å². The molecule has 0 N–H and O–H groups in total. The second-order valence-electron chi connectivity index (χ2n) is 8.87. The maximum atomic E-state index is 12.6. The number of benzene rings is 2. The molecule has 1 saturated heterocycles. The van der Waals surface area contributed by atoms with Crippen molar-refractivity contribution in [2.75, 3.05) is 11.4 Å². The van der Waals surface area contributed by atoms with Crippen LogP contribution < -0.4 is 4.90 Å². The standard InChI is InChI=1S/C24H24N6O2/c1-15-6-9-18(10-7-15)29-14-17(13-22(29)31)24-25-23(27-32-24)16-8-11-21-20(12-16)26-28-30(21)19-4-2-3-5-19/h6-12,17,19H,2-5,13-14H2,1H3. The average molecular weight is 428 g/mol. The molecule has 1 saturated carbocycles. The van der Waals surface area contributed by atoms with Crippen LogP contribution in [0.15, 0.2) is 47.0 Å². The van der Waals surface area contributed by atoms with Gasteiger partial charge in [-0.2, -0.15) is 4.98 Å². The minimum Gasteiger partial charge on any atom is -0.339 e. The second-order valence-corrected chi connectivity index (χ2v) is 8.87. The number of hydrogen-bond donors (Lipinski definition) is 0. The quantitative estimate of drug-likeness (QED) is 0.478. The lowest BCUT2D eigenvalue weighted by Crippen LogP contribution is -2.24. The van der Waals surface area contributed by atoms with E-state index in [1.165, 1.54) is 18.4 Å². The third kappa shape index (κ3) is 3.26. The van der Waals surface area contributed by atoms with Gasteiger partial charge >= 0.3 is 0 Å². The molecule has 1 aliphatic heterocycles. The van der Waals surface area contributed by atoms with E-state index >= 15 is 0 Å².